The molecule has 4 rings (SSSR count). The molecular weight excluding hydrogens is 332 g/mol. The number of aryl methyl sites for hydroxylation is 1. The van der Waals surface area contributed by atoms with Gasteiger partial charge in [-0.2, -0.15) is 0 Å². The molecule has 0 radical (unpaired) electrons. The molecule has 128 valence electrons. The molecule has 0 saturated carbocycles. The van der Waals surface area contributed by atoms with Gasteiger partial charge in [-0.3, -0.25) is 14.7 Å². The number of likely N-dealkylation sites (tertiary alicyclic amines) is 1. The van der Waals surface area contributed by atoms with Crippen molar-refractivity contribution in [3.8, 4) is 10.6 Å². The Morgan fingerprint density at radius 1 is 1.24 bits per heavy atom. The minimum Gasteiger partial charge on any atom is -0.298 e. The number of hydrogen-bond donors (Lipinski definition) is 0. The van der Waals surface area contributed by atoms with Crippen molar-refractivity contribution in [3.05, 3.63) is 41.2 Å². The van der Waals surface area contributed by atoms with Crippen molar-refractivity contribution in [1.82, 2.24) is 20.1 Å². The molecule has 0 spiro atoms. The SMILES string of the molecule is [2H]C([2H])(C(=O)Cc1cc2cc(-c3nnc(C)s3)ccc2cn1)N1CCCC1. The lowest BCUT2D eigenvalue weighted by Crippen LogP contribution is -2.27. The minimum atomic E-state index is -1.93. The standard InChI is InChI=1S/C19H20N4OS/c1-13-21-22-19(25-13)14-4-5-15-11-20-17(9-16(15)8-14)10-18(24)12-23-6-2-3-7-23/h4-5,8-9,11H,2-3,6-7,10,12H2,1H3/i12D2. The normalized spacial score (nSPS) is 16.8. The van der Waals surface area contributed by atoms with E-state index >= 15 is 0 Å². The zero-order chi connectivity index (χ0) is 19.0. The molecule has 0 unspecified atom stereocenters. The Kier molecular flexibility index (Phi) is 3.92. The van der Waals surface area contributed by atoms with E-state index < -0.39 is 12.3 Å². The fraction of sp³-hybridized carbons (Fsp3) is 0.368. The van der Waals surface area contributed by atoms with Crippen molar-refractivity contribution in [3.63, 3.8) is 0 Å². The molecule has 0 amide bonds. The summed E-state index contributed by atoms with van der Waals surface area (Å²) in [5.41, 5.74) is 1.56. The van der Waals surface area contributed by atoms with Crippen LogP contribution in [0.15, 0.2) is 30.5 Å². The van der Waals surface area contributed by atoms with Crippen LogP contribution in [0.4, 0.5) is 0 Å². The van der Waals surface area contributed by atoms with Gasteiger partial charge < -0.3 is 0 Å². The Morgan fingerprint density at radius 3 is 2.84 bits per heavy atom. The maximum absolute atomic E-state index is 12.6. The van der Waals surface area contributed by atoms with Gasteiger partial charge >= 0.3 is 0 Å². The van der Waals surface area contributed by atoms with Crippen LogP contribution in [-0.4, -0.2) is 45.5 Å². The van der Waals surface area contributed by atoms with E-state index in [1.807, 2.05) is 31.2 Å². The van der Waals surface area contributed by atoms with Crippen molar-refractivity contribution in [1.29, 1.82) is 0 Å². The number of benzene rings is 1. The molecule has 0 N–H and O–H groups in total. The van der Waals surface area contributed by atoms with Crippen LogP contribution in [0.1, 0.15) is 26.3 Å². The second kappa shape index (κ2) is 6.98. The highest BCUT2D eigenvalue weighted by Gasteiger charge is 2.16. The van der Waals surface area contributed by atoms with Gasteiger partial charge in [-0.05, 0) is 50.4 Å². The quantitative estimate of drug-likeness (QED) is 0.704. The van der Waals surface area contributed by atoms with Gasteiger partial charge in [0.1, 0.15) is 10.0 Å². The third-order valence-electron chi connectivity index (χ3n) is 4.28. The first kappa shape index (κ1) is 14.0. The number of Topliss-reactive ketones (excluding diaryl/α,β-unsaturated/α-hetero) is 1. The lowest BCUT2D eigenvalue weighted by atomic mass is 10.1. The summed E-state index contributed by atoms with van der Waals surface area (Å²) in [6.07, 6.45) is 3.60. The first-order valence-electron chi connectivity index (χ1n) is 9.41. The summed E-state index contributed by atoms with van der Waals surface area (Å²) >= 11 is 1.53. The van der Waals surface area contributed by atoms with Crippen LogP contribution in [0.3, 0.4) is 0 Å². The highest BCUT2D eigenvalue weighted by molar-refractivity contribution is 7.14. The zero-order valence-corrected chi connectivity index (χ0v) is 14.8. The molecule has 2 aromatic heterocycles. The Hall–Kier alpha value is -2.18. The summed E-state index contributed by atoms with van der Waals surface area (Å²) in [4.78, 5) is 18.6. The Labute approximate surface area is 153 Å². The van der Waals surface area contributed by atoms with Crippen molar-refractivity contribution in [2.75, 3.05) is 19.6 Å². The summed E-state index contributed by atoms with van der Waals surface area (Å²) in [7, 11) is 0. The molecule has 1 aliphatic rings. The van der Waals surface area contributed by atoms with E-state index in [0.717, 1.165) is 39.2 Å². The summed E-state index contributed by atoms with van der Waals surface area (Å²) in [6.45, 7) is 1.26. The van der Waals surface area contributed by atoms with E-state index in [4.69, 9.17) is 2.74 Å². The van der Waals surface area contributed by atoms with Crippen LogP contribution in [0.5, 0.6) is 0 Å². The molecule has 6 heteroatoms. The Balaban J connectivity index is 1.59. The minimum absolute atomic E-state index is 0.0123. The second-order valence-corrected chi connectivity index (χ2v) is 7.45. The number of nitrogens with zero attached hydrogens (tertiary/aromatic N) is 4. The Bertz CT molecular complexity index is 998. The summed E-state index contributed by atoms with van der Waals surface area (Å²) < 4.78 is 16.4. The number of aromatic nitrogens is 3. The number of hydrogen-bond acceptors (Lipinski definition) is 6. The third-order valence-corrected chi connectivity index (χ3v) is 5.17. The Morgan fingerprint density at radius 2 is 2.08 bits per heavy atom. The van der Waals surface area contributed by atoms with E-state index in [1.54, 1.807) is 11.1 Å². The second-order valence-electron chi connectivity index (χ2n) is 6.27. The molecule has 0 bridgehead atoms. The molecule has 3 heterocycles. The number of carbonyl (C=O) groups is 1. The van der Waals surface area contributed by atoms with Gasteiger partial charge in [0.25, 0.3) is 0 Å². The van der Waals surface area contributed by atoms with E-state index in [9.17, 15) is 4.79 Å². The lowest BCUT2D eigenvalue weighted by molar-refractivity contribution is -0.119. The van der Waals surface area contributed by atoms with Crippen LogP contribution in [0, 0.1) is 6.92 Å². The molecule has 0 atom stereocenters. The topological polar surface area (TPSA) is 59.0 Å². The van der Waals surface area contributed by atoms with Gasteiger partial charge in [-0.1, -0.05) is 23.5 Å². The third kappa shape index (κ3) is 3.75. The van der Waals surface area contributed by atoms with Crippen LogP contribution < -0.4 is 0 Å². The summed E-state index contributed by atoms with van der Waals surface area (Å²) in [5, 5.41) is 11.9. The van der Waals surface area contributed by atoms with Crippen LogP contribution in [0.25, 0.3) is 21.3 Å². The number of rotatable bonds is 5. The predicted octanol–water partition coefficient (Wildman–Crippen LogP) is 3.27. The molecule has 5 nitrogen and oxygen atoms in total. The van der Waals surface area contributed by atoms with Crippen molar-refractivity contribution in [2.45, 2.75) is 26.2 Å². The summed E-state index contributed by atoms with van der Waals surface area (Å²) in [5.74, 6) is -0.438. The van der Waals surface area contributed by atoms with E-state index in [2.05, 4.69) is 15.2 Å². The molecule has 25 heavy (non-hydrogen) atoms. The smallest absolute Gasteiger partial charge is 0.152 e. The van der Waals surface area contributed by atoms with E-state index in [0.29, 0.717) is 18.8 Å². The van der Waals surface area contributed by atoms with Gasteiger partial charge in [0.05, 0.1) is 15.7 Å². The van der Waals surface area contributed by atoms with Crippen molar-refractivity contribution >= 4 is 27.9 Å². The van der Waals surface area contributed by atoms with Gasteiger partial charge in [0.15, 0.2) is 5.78 Å². The van der Waals surface area contributed by atoms with Crippen LogP contribution in [0.2, 0.25) is 0 Å². The monoisotopic (exact) mass is 354 g/mol. The molecule has 1 fully saturated rings. The predicted molar refractivity (Wildman–Crippen MR) is 99.8 cm³/mol. The molecule has 0 aliphatic carbocycles. The van der Waals surface area contributed by atoms with Gasteiger partial charge in [0, 0.05) is 22.8 Å². The first-order valence-corrected chi connectivity index (χ1v) is 9.23. The van der Waals surface area contributed by atoms with Gasteiger partial charge in [-0.15, -0.1) is 10.2 Å². The molecular formula is C19H20N4OS. The number of carbonyl (C=O) groups excluding carboxylic acids is 1. The van der Waals surface area contributed by atoms with Crippen molar-refractivity contribution in [2.24, 2.45) is 0 Å². The average Bonchev–Trinajstić information content (AvgIpc) is 3.33. The fourth-order valence-corrected chi connectivity index (χ4v) is 3.73. The highest BCUT2D eigenvalue weighted by atomic mass is 32.1. The highest BCUT2D eigenvalue weighted by Crippen LogP contribution is 2.27. The lowest BCUT2D eigenvalue weighted by Gasteiger charge is -2.13. The van der Waals surface area contributed by atoms with Crippen LogP contribution >= 0.6 is 11.3 Å². The summed E-state index contributed by atoms with van der Waals surface area (Å²) in [6, 6.07) is 7.84. The maximum atomic E-state index is 12.6. The maximum Gasteiger partial charge on any atom is 0.152 e. The van der Waals surface area contributed by atoms with Gasteiger partial charge in [-0.25, -0.2) is 0 Å². The number of pyridine rings is 1. The molecule has 1 aromatic carbocycles. The molecule has 1 aliphatic heterocycles. The van der Waals surface area contributed by atoms with E-state index in [-0.39, 0.29) is 6.42 Å². The van der Waals surface area contributed by atoms with Crippen molar-refractivity contribution < 1.29 is 7.54 Å². The van der Waals surface area contributed by atoms with Crippen LogP contribution in [-0.2, 0) is 11.2 Å². The first-order chi connectivity index (χ1) is 12.9. The average molecular weight is 354 g/mol. The number of fused-ring (bicyclic) bond motifs is 1. The molecule has 3 aromatic rings. The zero-order valence-electron chi connectivity index (χ0n) is 16.0. The number of ketones is 1. The van der Waals surface area contributed by atoms with Gasteiger partial charge in [0.2, 0.25) is 0 Å². The largest absolute Gasteiger partial charge is 0.298 e. The molecule has 1 saturated heterocycles. The fourth-order valence-electron chi connectivity index (χ4n) is 3.04. The van der Waals surface area contributed by atoms with E-state index in [1.165, 1.54) is 11.3 Å².